The van der Waals surface area contributed by atoms with Crippen molar-refractivity contribution in [2.45, 2.75) is 40.5 Å². The molecule has 1 rings (SSSR count). The van der Waals surface area contributed by atoms with Crippen LogP contribution < -0.4 is 0 Å². The lowest BCUT2D eigenvalue weighted by molar-refractivity contribution is -0.146. The highest BCUT2D eigenvalue weighted by Crippen LogP contribution is 2.16. The smallest absolute Gasteiger partial charge is 0.308 e. The van der Waals surface area contributed by atoms with Gasteiger partial charge in [0, 0.05) is 0 Å². The maximum atomic E-state index is 11.0. The number of carbonyl (C=O) groups is 1. The molecular weight excluding hydrogens is 190 g/mol. The van der Waals surface area contributed by atoms with Crippen LogP contribution in [-0.4, -0.2) is 38.1 Å². The molecule has 0 bridgehead atoms. The summed E-state index contributed by atoms with van der Waals surface area (Å²) in [6.07, 6.45) is 1.90. The SMILES string of the molecule is CC.CC.COC(=O)C1CCN(C)CC1. The lowest BCUT2D eigenvalue weighted by Crippen LogP contribution is -2.33. The van der Waals surface area contributed by atoms with Crippen molar-refractivity contribution >= 4 is 5.97 Å². The summed E-state index contributed by atoms with van der Waals surface area (Å²) in [5.41, 5.74) is 0. The van der Waals surface area contributed by atoms with Gasteiger partial charge in [0.1, 0.15) is 0 Å². The molecule has 15 heavy (non-hydrogen) atoms. The Morgan fingerprint density at radius 2 is 1.53 bits per heavy atom. The molecule has 0 aromatic carbocycles. The van der Waals surface area contributed by atoms with E-state index < -0.39 is 0 Å². The van der Waals surface area contributed by atoms with Crippen molar-refractivity contribution in [3.05, 3.63) is 0 Å². The van der Waals surface area contributed by atoms with Gasteiger partial charge in [0.05, 0.1) is 13.0 Å². The summed E-state index contributed by atoms with van der Waals surface area (Å²) < 4.78 is 4.67. The lowest BCUT2D eigenvalue weighted by Gasteiger charge is -2.26. The molecule has 0 N–H and O–H groups in total. The van der Waals surface area contributed by atoms with Crippen LogP contribution in [0.25, 0.3) is 0 Å². The second kappa shape index (κ2) is 11.5. The molecule has 0 atom stereocenters. The normalized spacial score (nSPS) is 16.7. The van der Waals surface area contributed by atoms with Gasteiger partial charge >= 0.3 is 5.97 Å². The van der Waals surface area contributed by atoms with E-state index in [0.29, 0.717) is 0 Å². The number of carbonyl (C=O) groups excluding carboxylic acids is 1. The van der Waals surface area contributed by atoms with E-state index in [2.05, 4.69) is 16.7 Å². The van der Waals surface area contributed by atoms with E-state index >= 15 is 0 Å². The summed E-state index contributed by atoms with van der Waals surface area (Å²) in [6, 6.07) is 0. The van der Waals surface area contributed by atoms with Gasteiger partial charge in [-0.25, -0.2) is 0 Å². The van der Waals surface area contributed by atoms with Crippen molar-refractivity contribution in [1.29, 1.82) is 0 Å². The molecule has 1 heterocycles. The molecule has 0 radical (unpaired) electrons. The van der Waals surface area contributed by atoms with Gasteiger partial charge in [-0.05, 0) is 33.0 Å². The quantitative estimate of drug-likeness (QED) is 0.632. The summed E-state index contributed by atoms with van der Waals surface area (Å²) in [6.45, 7) is 10.0. The minimum Gasteiger partial charge on any atom is -0.469 e. The first-order valence-electron chi connectivity index (χ1n) is 6.00. The average Bonchev–Trinajstić information content (AvgIpc) is 2.34. The third kappa shape index (κ3) is 7.37. The molecule has 0 saturated carbocycles. The predicted molar refractivity (Wildman–Crippen MR) is 64.9 cm³/mol. The molecule has 1 fully saturated rings. The van der Waals surface area contributed by atoms with Crippen LogP contribution in [0.3, 0.4) is 0 Å². The number of methoxy groups -OCH3 is 1. The van der Waals surface area contributed by atoms with Crippen molar-refractivity contribution in [3.63, 3.8) is 0 Å². The monoisotopic (exact) mass is 217 g/mol. The Morgan fingerprint density at radius 1 is 1.13 bits per heavy atom. The Labute approximate surface area is 94.8 Å². The number of hydrogen-bond donors (Lipinski definition) is 0. The zero-order valence-electron chi connectivity index (χ0n) is 11.2. The highest BCUT2D eigenvalue weighted by Gasteiger charge is 2.23. The Morgan fingerprint density at radius 3 is 1.87 bits per heavy atom. The number of esters is 1. The number of nitrogens with zero attached hydrogens (tertiary/aromatic N) is 1. The van der Waals surface area contributed by atoms with Crippen LogP contribution in [0.1, 0.15) is 40.5 Å². The Hall–Kier alpha value is -0.570. The first-order valence-corrected chi connectivity index (χ1v) is 6.00. The van der Waals surface area contributed by atoms with E-state index in [1.165, 1.54) is 7.11 Å². The molecule has 0 amide bonds. The van der Waals surface area contributed by atoms with Crippen molar-refractivity contribution in [1.82, 2.24) is 4.90 Å². The van der Waals surface area contributed by atoms with E-state index in [1.54, 1.807) is 0 Å². The van der Waals surface area contributed by atoms with E-state index in [-0.39, 0.29) is 11.9 Å². The first-order chi connectivity index (χ1) is 7.24. The molecule has 1 aliphatic rings. The summed E-state index contributed by atoms with van der Waals surface area (Å²) in [5.74, 6) is 0.106. The zero-order chi connectivity index (χ0) is 12.3. The van der Waals surface area contributed by atoms with E-state index in [0.717, 1.165) is 25.9 Å². The number of rotatable bonds is 1. The molecule has 0 aliphatic carbocycles. The summed E-state index contributed by atoms with van der Waals surface area (Å²) >= 11 is 0. The van der Waals surface area contributed by atoms with Crippen molar-refractivity contribution < 1.29 is 9.53 Å². The summed E-state index contributed by atoms with van der Waals surface area (Å²) in [4.78, 5) is 13.3. The standard InChI is InChI=1S/C8H15NO2.2C2H6/c1-9-5-3-7(4-6-9)8(10)11-2;2*1-2/h7H,3-6H2,1-2H3;2*1-2H3. The highest BCUT2D eigenvalue weighted by atomic mass is 16.5. The van der Waals surface area contributed by atoms with Crippen LogP contribution in [0.15, 0.2) is 0 Å². The predicted octanol–water partition coefficient (Wildman–Crippen LogP) is 2.55. The van der Waals surface area contributed by atoms with Crippen molar-refractivity contribution in [2.24, 2.45) is 5.92 Å². The van der Waals surface area contributed by atoms with Gasteiger partial charge in [-0.1, -0.05) is 27.7 Å². The van der Waals surface area contributed by atoms with Crippen molar-refractivity contribution in [3.8, 4) is 0 Å². The maximum absolute atomic E-state index is 11.0. The Balaban J connectivity index is 0. The average molecular weight is 217 g/mol. The van der Waals surface area contributed by atoms with Gasteiger partial charge < -0.3 is 9.64 Å². The van der Waals surface area contributed by atoms with Crippen LogP contribution >= 0.6 is 0 Å². The molecule has 0 aromatic heterocycles. The van der Waals surface area contributed by atoms with Gasteiger partial charge in [0.25, 0.3) is 0 Å². The van der Waals surface area contributed by atoms with Crippen LogP contribution in [-0.2, 0) is 9.53 Å². The zero-order valence-corrected chi connectivity index (χ0v) is 11.2. The fourth-order valence-electron chi connectivity index (χ4n) is 1.41. The van der Waals surface area contributed by atoms with E-state index in [4.69, 9.17) is 0 Å². The van der Waals surface area contributed by atoms with Crippen molar-refractivity contribution in [2.75, 3.05) is 27.2 Å². The number of piperidine rings is 1. The maximum Gasteiger partial charge on any atom is 0.308 e. The molecule has 3 heteroatoms. The fraction of sp³-hybridized carbons (Fsp3) is 0.917. The molecule has 0 spiro atoms. The molecule has 1 aliphatic heterocycles. The van der Waals surface area contributed by atoms with Gasteiger partial charge in [-0.15, -0.1) is 0 Å². The van der Waals surface area contributed by atoms with Crippen LogP contribution in [0.4, 0.5) is 0 Å². The van der Waals surface area contributed by atoms with E-state index in [1.807, 2.05) is 27.7 Å². The second-order valence-electron chi connectivity index (χ2n) is 3.10. The molecule has 3 nitrogen and oxygen atoms in total. The minimum atomic E-state index is -0.0434. The fourth-order valence-corrected chi connectivity index (χ4v) is 1.41. The van der Waals surface area contributed by atoms with Crippen LogP contribution in [0.2, 0.25) is 0 Å². The highest BCUT2D eigenvalue weighted by molar-refractivity contribution is 5.72. The summed E-state index contributed by atoms with van der Waals surface area (Å²) in [5, 5.41) is 0. The third-order valence-corrected chi connectivity index (χ3v) is 2.25. The van der Waals surface area contributed by atoms with E-state index in [9.17, 15) is 4.79 Å². The molecule has 0 unspecified atom stereocenters. The van der Waals surface area contributed by atoms with Gasteiger partial charge in [-0.2, -0.15) is 0 Å². The van der Waals surface area contributed by atoms with Gasteiger partial charge in [0.15, 0.2) is 0 Å². The Bertz CT molecular complexity index is 141. The molecule has 92 valence electrons. The van der Waals surface area contributed by atoms with Gasteiger partial charge in [0.2, 0.25) is 0 Å². The third-order valence-electron chi connectivity index (χ3n) is 2.25. The topological polar surface area (TPSA) is 29.5 Å². The second-order valence-corrected chi connectivity index (χ2v) is 3.10. The van der Waals surface area contributed by atoms with Gasteiger partial charge in [-0.3, -0.25) is 4.79 Å². The number of likely N-dealkylation sites (tertiary alicyclic amines) is 1. The first kappa shape index (κ1) is 16.8. The molecular formula is C12H27NO2. The lowest BCUT2D eigenvalue weighted by atomic mass is 9.98. The summed E-state index contributed by atoms with van der Waals surface area (Å²) in [7, 11) is 3.54. The largest absolute Gasteiger partial charge is 0.469 e. The number of ether oxygens (including phenoxy) is 1. The molecule has 1 saturated heterocycles. The van der Waals surface area contributed by atoms with Crippen LogP contribution in [0.5, 0.6) is 0 Å². The van der Waals surface area contributed by atoms with Crippen LogP contribution in [0, 0.1) is 5.92 Å². The Kier molecular flexibility index (Phi) is 12.9. The number of hydrogen-bond acceptors (Lipinski definition) is 3. The molecule has 0 aromatic rings. The minimum absolute atomic E-state index is 0.0434.